The van der Waals surface area contributed by atoms with E-state index in [4.69, 9.17) is 10.00 Å². The van der Waals surface area contributed by atoms with Gasteiger partial charge in [-0.1, -0.05) is 6.07 Å². The number of ether oxygens (including phenoxy) is 1. The molecule has 1 fully saturated rings. The maximum absolute atomic E-state index is 11.1. The van der Waals surface area contributed by atoms with Crippen LogP contribution in [0.2, 0.25) is 0 Å². The molecule has 0 aliphatic heterocycles. The Balaban J connectivity index is 2.11. The van der Waals surface area contributed by atoms with Gasteiger partial charge in [-0.3, -0.25) is 15.4 Å². The van der Waals surface area contributed by atoms with Gasteiger partial charge in [0.25, 0.3) is 0 Å². The lowest BCUT2D eigenvalue weighted by atomic mass is 10.1. The number of hydrogen-bond donors (Lipinski definition) is 1. The average molecular weight is 275 g/mol. The molecule has 1 atom stereocenters. The average Bonchev–Trinajstić information content (AvgIpc) is 3.19. The molecule has 0 aromatic heterocycles. The van der Waals surface area contributed by atoms with Gasteiger partial charge in [0.1, 0.15) is 12.6 Å². The highest BCUT2D eigenvalue weighted by Gasteiger charge is 2.26. The molecule has 0 bridgehead atoms. The number of hydrogen-bond acceptors (Lipinski definition) is 5. The number of nitrogens with zero attached hydrogens (tertiary/aromatic N) is 2. The number of nitro benzene ring substituents is 1. The first-order valence-corrected chi connectivity index (χ1v) is 6.55. The zero-order valence-corrected chi connectivity index (χ0v) is 11.5. The van der Waals surface area contributed by atoms with Crippen LogP contribution in [-0.2, 0) is 0 Å². The number of aryl methyl sites for hydroxylation is 2. The molecule has 106 valence electrons. The van der Waals surface area contributed by atoms with Crippen molar-refractivity contribution in [1.82, 2.24) is 5.32 Å². The predicted molar refractivity (Wildman–Crippen MR) is 73.6 cm³/mol. The Morgan fingerprint density at radius 3 is 2.80 bits per heavy atom. The summed E-state index contributed by atoms with van der Waals surface area (Å²) in [6.07, 6.45) is 2.14. The van der Waals surface area contributed by atoms with E-state index in [1.807, 2.05) is 6.07 Å². The molecule has 2 rings (SSSR count). The van der Waals surface area contributed by atoms with E-state index >= 15 is 0 Å². The Morgan fingerprint density at radius 1 is 1.55 bits per heavy atom. The van der Waals surface area contributed by atoms with Crippen LogP contribution in [0.1, 0.15) is 24.0 Å². The Kier molecular flexibility index (Phi) is 4.20. The Labute approximate surface area is 117 Å². The molecule has 6 heteroatoms. The predicted octanol–water partition coefficient (Wildman–Crippen LogP) is 2.23. The zero-order valence-electron chi connectivity index (χ0n) is 11.5. The number of rotatable bonds is 6. The monoisotopic (exact) mass is 275 g/mol. The van der Waals surface area contributed by atoms with Gasteiger partial charge in [-0.05, 0) is 37.8 Å². The first kappa shape index (κ1) is 14.3. The van der Waals surface area contributed by atoms with Crippen LogP contribution in [0.5, 0.6) is 5.75 Å². The van der Waals surface area contributed by atoms with E-state index in [1.165, 1.54) is 6.07 Å². The van der Waals surface area contributed by atoms with Crippen LogP contribution in [0.3, 0.4) is 0 Å². The lowest BCUT2D eigenvalue weighted by molar-refractivity contribution is -0.386. The van der Waals surface area contributed by atoms with Crippen LogP contribution in [0, 0.1) is 35.3 Å². The van der Waals surface area contributed by atoms with E-state index in [9.17, 15) is 10.1 Å². The smallest absolute Gasteiger partial charge is 0.311 e. The first-order valence-electron chi connectivity index (χ1n) is 6.55. The SMILES string of the molecule is Cc1cc(C)c(OCC(C#N)NC2CC2)c([N+](=O)[O-])c1. The fraction of sp³-hybridized carbons (Fsp3) is 0.500. The van der Waals surface area contributed by atoms with Gasteiger partial charge < -0.3 is 4.74 Å². The van der Waals surface area contributed by atoms with Gasteiger partial charge >= 0.3 is 5.69 Å². The number of nitrogens with one attached hydrogen (secondary N) is 1. The second-order valence-corrected chi connectivity index (χ2v) is 5.12. The van der Waals surface area contributed by atoms with E-state index in [0.717, 1.165) is 18.4 Å². The third-order valence-corrected chi connectivity index (χ3v) is 3.16. The molecular formula is C14H17N3O3. The van der Waals surface area contributed by atoms with Crippen molar-refractivity contribution in [2.24, 2.45) is 0 Å². The van der Waals surface area contributed by atoms with E-state index in [-0.39, 0.29) is 18.0 Å². The fourth-order valence-corrected chi connectivity index (χ4v) is 2.08. The van der Waals surface area contributed by atoms with Gasteiger partial charge in [-0.2, -0.15) is 5.26 Å². The molecule has 0 amide bonds. The van der Waals surface area contributed by atoms with Gasteiger partial charge in [0.15, 0.2) is 5.75 Å². The molecule has 0 spiro atoms. The van der Waals surface area contributed by atoms with Crippen molar-refractivity contribution in [3.05, 3.63) is 33.4 Å². The summed E-state index contributed by atoms with van der Waals surface area (Å²) in [5.74, 6) is 0.249. The highest BCUT2D eigenvalue weighted by atomic mass is 16.6. The molecule has 1 N–H and O–H groups in total. The number of benzene rings is 1. The maximum atomic E-state index is 11.1. The van der Waals surface area contributed by atoms with Crippen molar-refractivity contribution in [3.63, 3.8) is 0 Å². The number of nitriles is 1. The zero-order chi connectivity index (χ0) is 14.7. The van der Waals surface area contributed by atoms with Crippen molar-refractivity contribution >= 4 is 5.69 Å². The standard InChI is InChI=1S/C14H17N3O3/c1-9-5-10(2)14(13(6-9)17(18)19)20-8-12(7-15)16-11-3-4-11/h5-6,11-12,16H,3-4,8H2,1-2H3. The molecule has 6 nitrogen and oxygen atoms in total. The van der Waals surface area contributed by atoms with Crippen molar-refractivity contribution in [2.45, 2.75) is 38.8 Å². The molecule has 1 aromatic rings. The molecule has 0 saturated heterocycles. The molecule has 1 aliphatic rings. The lowest BCUT2D eigenvalue weighted by Crippen LogP contribution is -2.35. The van der Waals surface area contributed by atoms with Crippen LogP contribution in [0.25, 0.3) is 0 Å². The number of nitro groups is 1. The summed E-state index contributed by atoms with van der Waals surface area (Å²) in [7, 11) is 0. The van der Waals surface area contributed by atoms with Gasteiger partial charge in [-0.25, -0.2) is 0 Å². The summed E-state index contributed by atoms with van der Waals surface area (Å²) in [4.78, 5) is 10.6. The largest absolute Gasteiger partial charge is 0.484 e. The summed E-state index contributed by atoms with van der Waals surface area (Å²) < 4.78 is 5.54. The van der Waals surface area contributed by atoms with Crippen LogP contribution >= 0.6 is 0 Å². The quantitative estimate of drug-likeness (QED) is 0.635. The van der Waals surface area contributed by atoms with Crippen molar-refractivity contribution < 1.29 is 9.66 Å². The summed E-state index contributed by atoms with van der Waals surface area (Å²) in [6, 6.07) is 5.38. The topological polar surface area (TPSA) is 88.2 Å². The van der Waals surface area contributed by atoms with Crippen molar-refractivity contribution in [2.75, 3.05) is 6.61 Å². The Morgan fingerprint density at radius 2 is 2.25 bits per heavy atom. The minimum absolute atomic E-state index is 0.0504. The third-order valence-electron chi connectivity index (χ3n) is 3.16. The maximum Gasteiger partial charge on any atom is 0.311 e. The molecule has 0 radical (unpaired) electrons. The van der Waals surface area contributed by atoms with Crippen LogP contribution in [0.4, 0.5) is 5.69 Å². The van der Waals surface area contributed by atoms with E-state index < -0.39 is 11.0 Å². The lowest BCUT2D eigenvalue weighted by Gasteiger charge is -2.14. The molecule has 1 aliphatic carbocycles. The van der Waals surface area contributed by atoms with E-state index in [1.54, 1.807) is 13.8 Å². The third kappa shape index (κ3) is 3.45. The van der Waals surface area contributed by atoms with Crippen molar-refractivity contribution in [1.29, 1.82) is 5.26 Å². The molecule has 1 saturated carbocycles. The highest BCUT2D eigenvalue weighted by molar-refractivity contribution is 5.53. The first-order chi connectivity index (χ1) is 9.51. The van der Waals surface area contributed by atoms with Crippen molar-refractivity contribution in [3.8, 4) is 11.8 Å². The minimum Gasteiger partial charge on any atom is -0.484 e. The molecular weight excluding hydrogens is 258 g/mol. The summed E-state index contributed by atoms with van der Waals surface area (Å²) in [6.45, 7) is 3.68. The second kappa shape index (κ2) is 5.88. The summed E-state index contributed by atoms with van der Waals surface area (Å²) in [5.41, 5.74) is 1.47. The van der Waals surface area contributed by atoms with Gasteiger partial charge in [0.05, 0.1) is 11.0 Å². The van der Waals surface area contributed by atoms with Crippen LogP contribution in [0.15, 0.2) is 12.1 Å². The van der Waals surface area contributed by atoms with Crippen LogP contribution in [-0.4, -0.2) is 23.6 Å². The summed E-state index contributed by atoms with van der Waals surface area (Å²) in [5, 5.41) is 23.3. The normalized spacial score (nSPS) is 15.4. The second-order valence-electron chi connectivity index (χ2n) is 5.12. The fourth-order valence-electron chi connectivity index (χ4n) is 2.08. The molecule has 20 heavy (non-hydrogen) atoms. The van der Waals surface area contributed by atoms with Crippen LogP contribution < -0.4 is 10.1 Å². The minimum atomic E-state index is -0.453. The Hall–Kier alpha value is -2.13. The Bertz CT molecular complexity index is 562. The van der Waals surface area contributed by atoms with Gasteiger partial charge in [0, 0.05) is 12.1 Å². The van der Waals surface area contributed by atoms with E-state index in [0.29, 0.717) is 11.6 Å². The van der Waals surface area contributed by atoms with E-state index in [2.05, 4.69) is 11.4 Å². The molecule has 1 unspecified atom stereocenters. The van der Waals surface area contributed by atoms with Gasteiger partial charge in [0.2, 0.25) is 0 Å². The highest BCUT2D eigenvalue weighted by Crippen LogP contribution is 2.32. The molecule has 1 aromatic carbocycles. The molecule has 0 heterocycles. The summed E-state index contributed by atoms with van der Waals surface area (Å²) >= 11 is 0. The van der Waals surface area contributed by atoms with Gasteiger partial charge in [-0.15, -0.1) is 0 Å².